The molecule has 0 heterocycles. The second-order valence-electron chi connectivity index (χ2n) is 4.25. The van der Waals surface area contributed by atoms with Crippen LogP contribution in [0.3, 0.4) is 0 Å². The third-order valence-electron chi connectivity index (χ3n) is 2.69. The Morgan fingerprint density at radius 3 is 2.76 bits per heavy atom. The van der Waals surface area contributed by atoms with Crippen LogP contribution in [-0.2, 0) is 6.54 Å². The molecule has 0 radical (unpaired) electrons. The van der Waals surface area contributed by atoms with Crippen molar-refractivity contribution in [2.24, 2.45) is 0 Å². The molecule has 0 saturated heterocycles. The number of hydrogen-bond acceptors (Lipinski definition) is 3. The maximum absolute atomic E-state index is 5.25. The Morgan fingerprint density at radius 2 is 2.18 bits per heavy atom. The summed E-state index contributed by atoms with van der Waals surface area (Å²) >= 11 is 1.98. The molecule has 3 heteroatoms. The average Bonchev–Trinajstić information content (AvgIpc) is 2.34. The van der Waals surface area contributed by atoms with Crippen LogP contribution < -0.4 is 10.1 Å². The number of ether oxygens (including phenoxy) is 1. The molecule has 1 rings (SSSR count). The average molecular weight is 253 g/mol. The first-order valence-corrected chi connectivity index (χ1v) is 7.27. The van der Waals surface area contributed by atoms with Gasteiger partial charge in [-0.05, 0) is 36.8 Å². The fourth-order valence-corrected chi connectivity index (χ4v) is 2.40. The zero-order valence-corrected chi connectivity index (χ0v) is 12.1. The molecule has 0 aliphatic heterocycles. The van der Waals surface area contributed by atoms with Crippen LogP contribution in [0.15, 0.2) is 18.2 Å². The van der Waals surface area contributed by atoms with Crippen LogP contribution in [0.1, 0.15) is 25.0 Å². The highest BCUT2D eigenvalue weighted by Crippen LogP contribution is 2.18. The summed E-state index contributed by atoms with van der Waals surface area (Å²) in [5.41, 5.74) is 2.51. The lowest BCUT2D eigenvalue weighted by Gasteiger charge is -2.14. The van der Waals surface area contributed by atoms with Gasteiger partial charge in [0.05, 0.1) is 7.11 Å². The summed E-state index contributed by atoms with van der Waals surface area (Å²) in [6, 6.07) is 6.91. The Morgan fingerprint density at radius 1 is 1.41 bits per heavy atom. The Hall–Kier alpha value is -0.670. The zero-order valence-electron chi connectivity index (χ0n) is 11.2. The van der Waals surface area contributed by atoms with E-state index in [0.29, 0.717) is 6.04 Å². The predicted molar refractivity (Wildman–Crippen MR) is 77.0 cm³/mol. The molecule has 1 aromatic carbocycles. The van der Waals surface area contributed by atoms with Crippen molar-refractivity contribution in [1.82, 2.24) is 5.32 Å². The minimum atomic E-state index is 0.558. The van der Waals surface area contributed by atoms with Crippen LogP contribution in [0.4, 0.5) is 0 Å². The van der Waals surface area contributed by atoms with Gasteiger partial charge in [-0.2, -0.15) is 11.8 Å². The number of methoxy groups -OCH3 is 1. The second kappa shape index (κ2) is 7.62. The van der Waals surface area contributed by atoms with Gasteiger partial charge in [-0.3, -0.25) is 0 Å². The van der Waals surface area contributed by atoms with E-state index < -0.39 is 0 Å². The zero-order chi connectivity index (χ0) is 12.7. The number of hydrogen-bond donors (Lipinski definition) is 1. The maximum atomic E-state index is 5.25. The third-order valence-corrected chi connectivity index (χ3v) is 3.83. The van der Waals surface area contributed by atoms with Gasteiger partial charge < -0.3 is 10.1 Å². The van der Waals surface area contributed by atoms with E-state index in [9.17, 15) is 0 Å². The molecule has 17 heavy (non-hydrogen) atoms. The highest BCUT2D eigenvalue weighted by molar-refractivity contribution is 7.99. The predicted octanol–water partition coefficient (Wildman–Crippen LogP) is 3.23. The Labute approximate surface area is 109 Å². The van der Waals surface area contributed by atoms with Crippen LogP contribution in [0, 0.1) is 6.92 Å². The van der Waals surface area contributed by atoms with Gasteiger partial charge >= 0.3 is 0 Å². The minimum Gasteiger partial charge on any atom is -0.496 e. The molecule has 0 aliphatic rings. The summed E-state index contributed by atoms with van der Waals surface area (Å²) in [7, 11) is 1.71. The number of nitrogens with one attached hydrogen (secondary N) is 1. The molecule has 0 saturated carbocycles. The van der Waals surface area contributed by atoms with Gasteiger partial charge in [0.2, 0.25) is 0 Å². The van der Waals surface area contributed by atoms with Gasteiger partial charge in [-0.15, -0.1) is 0 Å². The van der Waals surface area contributed by atoms with E-state index in [1.807, 2.05) is 17.8 Å². The largest absolute Gasteiger partial charge is 0.496 e. The molecule has 1 atom stereocenters. The lowest BCUT2D eigenvalue weighted by molar-refractivity contribution is 0.411. The van der Waals surface area contributed by atoms with Gasteiger partial charge in [-0.25, -0.2) is 0 Å². The Kier molecular flexibility index (Phi) is 6.45. The van der Waals surface area contributed by atoms with E-state index in [0.717, 1.165) is 12.3 Å². The number of rotatable bonds is 7. The van der Waals surface area contributed by atoms with Gasteiger partial charge in [0.15, 0.2) is 0 Å². The lowest BCUT2D eigenvalue weighted by atomic mass is 10.1. The Bertz CT molecular complexity index is 341. The first kappa shape index (κ1) is 14.4. The van der Waals surface area contributed by atoms with E-state index in [1.165, 1.54) is 22.6 Å². The molecule has 0 spiro atoms. The first-order valence-electron chi connectivity index (χ1n) is 6.12. The van der Waals surface area contributed by atoms with Crippen molar-refractivity contribution in [1.29, 1.82) is 0 Å². The smallest absolute Gasteiger partial charge is 0.121 e. The monoisotopic (exact) mass is 253 g/mol. The van der Waals surface area contributed by atoms with Gasteiger partial charge in [0, 0.05) is 18.3 Å². The Balaban J connectivity index is 2.44. The second-order valence-corrected chi connectivity index (χ2v) is 5.56. The van der Waals surface area contributed by atoms with Crippen LogP contribution in [0.2, 0.25) is 0 Å². The summed E-state index contributed by atoms with van der Waals surface area (Å²) in [6.07, 6.45) is 0. The van der Waals surface area contributed by atoms with Crippen LogP contribution >= 0.6 is 11.8 Å². The highest BCUT2D eigenvalue weighted by atomic mass is 32.2. The van der Waals surface area contributed by atoms with Crippen molar-refractivity contribution in [3.8, 4) is 5.75 Å². The maximum Gasteiger partial charge on any atom is 0.121 e. The SMILES string of the molecule is CCSCC(C)NCc1ccc(OC)c(C)c1. The molecule has 1 unspecified atom stereocenters. The molecule has 1 aromatic rings. The topological polar surface area (TPSA) is 21.3 Å². The first-order chi connectivity index (χ1) is 8.17. The summed E-state index contributed by atoms with van der Waals surface area (Å²) in [5.74, 6) is 3.32. The molecule has 0 amide bonds. The van der Waals surface area contributed by atoms with Crippen molar-refractivity contribution in [3.63, 3.8) is 0 Å². The summed E-state index contributed by atoms with van der Waals surface area (Å²) in [5, 5.41) is 3.54. The molecule has 0 fully saturated rings. The van der Waals surface area contributed by atoms with E-state index in [1.54, 1.807) is 7.11 Å². The summed E-state index contributed by atoms with van der Waals surface area (Å²) in [4.78, 5) is 0. The van der Waals surface area contributed by atoms with Gasteiger partial charge in [0.1, 0.15) is 5.75 Å². The summed E-state index contributed by atoms with van der Waals surface area (Å²) in [6.45, 7) is 7.44. The van der Waals surface area contributed by atoms with E-state index >= 15 is 0 Å². The lowest BCUT2D eigenvalue weighted by Crippen LogP contribution is -2.27. The quantitative estimate of drug-likeness (QED) is 0.806. The fourth-order valence-electron chi connectivity index (χ4n) is 1.70. The molecule has 0 aromatic heterocycles. The van der Waals surface area contributed by atoms with E-state index in [-0.39, 0.29) is 0 Å². The standard InChI is InChI=1S/C14H23NOS/c1-5-17-10-12(3)15-9-13-6-7-14(16-4)11(2)8-13/h6-8,12,15H,5,9-10H2,1-4H3. The van der Waals surface area contributed by atoms with Crippen molar-refractivity contribution >= 4 is 11.8 Å². The number of aryl methyl sites for hydroxylation is 1. The molecular weight excluding hydrogens is 230 g/mol. The fraction of sp³-hybridized carbons (Fsp3) is 0.571. The number of benzene rings is 1. The minimum absolute atomic E-state index is 0.558. The van der Waals surface area contributed by atoms with Crippen LogP contribution in [0.25, 0.3) is 0 Å². The molecule has 0 bridgehead atoms. The van der Waals surface area contributed by atoms with Crippen LogP contribution in [0.5, 0.6) is 5.75 Å². The van der Waals surface area contributed by atoms with Crippen molar-refractivity contribution in [3.05, 3.63) is 29.3 Å². The van der Waals surface area contributed by atoms with Crippen LogP contribution in [-0.4, -0.2) is 24.7 Å². The molecular formula is C14H23NOS. The molecule has 2 nitrogen and oxygen atoms in total. The van der Waals surface area contributed by atoms with Crippen molar-refractivity contribution in [2.75, 3.05) is 18.6 Å². The van der Waals surface area contributed by atoms with E-state index in [2.05, 4.69) is 38.2 Å². The molecule has 96 valence electrons. The normalized spacial score (nSPS) is 12.5. The van der Waals surface area contributed by atoms with E-state index in [4.69, 9.17) is 4.74 Å². The van der Waals surface area contributed by atoms with Gasteiger partial charge in [0.25, 0.3) is 0 Å². The molecule has 0 aliphatic carbocycles. The summed E-state index contributed by atoms with van der Waals surface area (Å²) < 4.78 is 5.25. The van der Waals surface area contributed by atoms with Crippen molar-refractivity contribution < 1.29 is 4.74 Å². The van der Waals surface area contributed by atoms with Crippen molar-refractivity contribution in [2.45, 2.75) is 33.4 Å². The molecule has 1 N–H and O–H groups in total. The highest BCUT2D eigenvalue weighted by Gasteiger charge is 2.03. The third kappa shape index (κ3) is 5.00. The number of thioether (sulfide) groups is 1. The van der Waals surface area contributed by atoms with Gasteiger partial charge in [-0.1, -0.05) is 19.1 Å².